The summed E-state index contributed by atoms with van der Waals surface area (Å²) in [5, 5.41) is 0.585. The molecule has 0 atom stereocenters. The number of amides is 1. The van der Waals surface area contributed by atoms with Gasteiger partial charge >= 0.3 is 0 Å². The zero-order chi connectivity index (χ0) is 19.6. The maximum absolute atomic E-state index is 13.1. The first-order valence-electron chi connectivity index (χ1n) is 8.88. The minimum Gasteiger partial charge on any atom is -0.337 e. The molecular formula is C21H23N3O2S. The van der Waals surface area contributed by atoms with E-state index in [-0.39, 0.29) is 18.0 Å². The molecule has 0 radical (unpaired) electrons. The highest BCUT2D eigenvalue weighted by Gasteiger charge is 2.19. The second kappa shape index (κ2) is 7.88. The SMILES string of the molecule is C=C(C)CN(CC)C(=O)Cn1cnc2sc(C)c(-c3ccccc3)c2c1=O. The van der Waals surface area contributed by atoms with E-state index in [0.29, 0.717) is 23.3 Å². The molecule has 3 rings (SSSR count). The molecule has 2 aromatic heterocycles. The van der Waals surface area contributed by atoms with Crippen LogP contribution in [0, 0.1) is 6.92 Å². The predicted molar refractivity (Wildman–Crippen MR) is 111 cm³/mol. The van der Waals surface area contributed by atoms with Crippen LogP contribution in [0.25, 0.3) is 21.3 Å². The van der Waals surface area contributed by atoms with Crippen LogP contribution in [0.5, 0.6) is 0 Å². The van der Waals surface area contributed by atoms with E-state index in [2.05, 4.69) is 11.6 Å². The number of aromatic nitrogens is 2. The van der Waals surface area contributed by atoms with Crippen LogP contribution in [0.4, 0.5) is 0 Å². The van der Waals surface area contributed by atoms with Gasteiger partial charge in [0.05, 0.1) is 11.7 Å². The van der Waals surface area contributed by atoms with E-state index in [9.17, 15) is 9.59 Å². The standard InChI is InChI=1S/C21H23N3O2S/c1-5-23(11-14(2)3)17(25)12-24-13-22-20-19(21(24)26)18(15(4)27-20)16-9-7-6-8-10-16/h6-10,13H,2,5,11-12H2,1,3-4H3. The number of aryl methyl sites for hydroxylation is 1. The van der Waals surface area contributed by atoms with Crippen LogP contribution in [0.2, 0.25) is 0 Å². The molecule has 0 aliphatic heterocycles. The topological polar surface area (TPSA) is 55.2 Å². The lowest BCUT2D eigenvalue weighted by Crippen LogP contribution is -2.37. The highest BCUT2D eigenvalue weighted by atomic mass is 32.1. The first-order valence-corrected chi connectivity index (χ1v) is 9.70. The average Bonchev–Trinajstić information content (AvgIpc) is 2.99. The molecule has 0 bridgehead atoms. The molecule has 1 amide bonds. The molecule has 3 aromatic rings. The smallest absolute Gasteiger partial charge is 0.263 e. The van der Waals surface area contributed by atoms with Crippen molar-refractivity contribution in [2.75, 3.05) is 13.1 Å². The first kappa shape index (κ1) is 19.0. The maximum atomic E-state index is 13.1. The number of benzene rings is 1. The minimum absolute atomic E-state index is 0.0218. The van der Waals surface area contributed by atoms with Gasteiger partial charge in [0, 0.05) is 23.5 Å². The Hall–Kier alpha value is -2.73. The van der Waals surface area contributed by atoms with E-state index in [1.54, 1.807) is 4.90 Å². The minimum atomic E-state index is -0.178. The molecule has 0 aliphatic rings. The van der Waals surface area contributed by atoms with Gasteiger partial charge in [0.2, 0.25) is 5.91 Å². The number of likely N-dealkylation sites (N-methyl/N-ethyl adjacent to an activating group) is 1. The molecule has 0 aliphatic carbocycles. The summed E-state index contributed by atoms with van der Waals surface area (Å²) < 4.78 is 1.41. The van der Waals surface area contributed by atoms with Crippen LogP contribution in [0.1, 0.15) is 18.7 Å². The third-order valence-electron chi connectivity index (χ3n) is 4.42. The van der Waals surface area contributed by atoms with Gasteiger partial charge in [-0.25, -0.2) is 4.98 Å². The Morgan fingerprint density at radius 2 is 2.00 bits per heavy atom. The molecule has 0 fully saturated rings. The zero-order valence-corrected chi connectivity index (χ0v) is 16.7. The highest BCUT2D eigenvalue weighted by molar-refractivity contribution is 7.19. The Kier molecular flexibility index (Phi) is 5.56. The van der Waals surface area contributed by atoms with Gasteiger partial charge < -0.3 is 4.90 Å². The Morgan fingerprint density at radius 1 is 1.30 bits per heavy atom. The van der Waals surface area contributed by atoms with E-state index in [1.165, 1.54) is 22.2 Å². The lowest BCUT2D eigenvalue weighted by molar-refractivity contribution is -0.131. The van der Waals surface area contributed by atoms with Crippen molar-refractivity contribution < 1.29 is 4.79 Å². The second-order valence-corrected chi connectivity index (χ2v) is 7.83. The van der Waals surface area contributed by atoms with E-state index in [1.807, 2.05) is 51.1 Å². The van der Waals surface area contributed by atoms with Gasteiger partial charge in [-0.1, -0.05) is 42.5 Å². The van der Waals surface area contributed by atoms with Crippen molar-refractivity contribution in [3.8, 4) is 11.1 Å². The molecule has 140 valence electrons. The fourth-order valence-corrected chi connectivity index (χ4v) is 4.15. The van der Waals surface area contributed by atoms with Crippen molar-refractivity contribution >= 4 is 27.5 Å². The van der Waals surface area contributed by atoms with Crippen molar-refractivity contribution in [2.24, 2.45) is 0 Å². The molecule has 0 saturated heterocycles. The number of carbonyl (C=O) groups is 1. The summed E-state index contributed by atoms with van der Waals surface area (Å²) in [5.41, 5.74) is 2.62. The van der Waals surface area contributed by atoms with Crippen LogP contribution in [0.15, 0.2) is 53.6 Å². The molecule has 27 heavy (non-hydrogen) atoms. The number of thiophene rings is 1. The van der Waals surface area contributed by atoms with Gasteiger partial charge in [-0.2, -0.15) is 0 Å². The van der Waals surface area contributed by atoms with Gasteiger partial charge in [0.1, 0.15) is 11.4 Å². The molecule has 1 aromatic carbocycles. The Bertz CT molecular complexity index is 1050. The van der Waals surface area contributed by atoms with Crippen LogP contribution in [-0.4, -0.2) is 33.4 Å². The van der Waals surface area contributed by atoms with Gasteiger partial charge in [-0.05, 0) is 26.3 Å². The van der Waals surface area contributed by atoms with Crippen LogP contribution < -0.4 is 5.56 Å². The number of carbonyl (C=O) groups excluding carboxylic acids is 1. The first-order chi connectivity index (χ1) is 12.9. The zero-order valence-electron chi connectivity index (χ0n) is 15.9. The number of rotatable bonds is 6. The Balaban J connectivity index is 2.04. The Morgan fingerprint density at radius 3 is 2.63 bits per heavy atom. The van der Waals surface area contributed by atoms with E-state index < -0.39 is 0 Å². The van der Waals surface area contributed by atoms with Crippen LogP contribution in [-0.2, 0) is 11.3 Å². The summed E-state index contributed by atoms with van der Waals surface area (Å²) in [5.74, 6) is -0.114. The molecule has 0 saturated carbocycles. The van der Waals surface area contributed by atoms with Crippen molar-refractivity contribution in [1.82, 2.24) is 14.5 Å². The van der Waals surface area contributed by atoms with Gasteiger partial charge in [0.15, 0.2) is 0 Å². The highest BCUT2D eigenvalue weighted by Crippen LogP contribution is 2.35. The Labute approximate surface area is 162 Å². The lowest BCUT2D eigenvalue weighted by Gasteiger charge is -2.21. The lowest BCUT2D eigenvalue weighted by atomic mass is 10.0. The number of nitrogens with zero attached hydrogens (tertiary/aromatic N) is 3. The monoisotopic (exact) mass is 381 g/mol. The molecule has 2 heterocycles. The van der Waals surface area contributed by atoms with E-state index >= 15 is 0 Å². The van der Waals surface area contributed by atoms with Crippen molar-refractivity contribution in [2.45, 2.75) is 27.3 Å². The van der Waals surface area contributed by atoms with E-state index in [4.69, 9.17) is 0 Å². The molecular weight excluding hydrogens is 358 g/mol. The summed E-state index contributed by atoms with van der Waals surface area (Å²) in [4.78, 5) is 33.7. The van der Waals surface area contributed by atoms with Gasteiger partial charge in [-0.15, -0.1) is 11.3 Å². The predicted octanol–water partition coefficient (Wildman–Crippen LogP) is 3.86. The molecule has 5 nitrogen and oxygen atoms in total. The van der Waals surface area contributed by atoms with Crippen molar-refractivity contribution in [1.29, 1.82) is 0 Å². The molecule has 0 unspecified atom stereocenters. The largest absolute Gasteiger partial charge is 0.337 e. The summed E-state index contributed by atoms with van der Waals surface area (Å²) in [6.07, 6.45) is 1.47. The van der Waals surface area contributed by atoms with Crippen molar-refractivity contribution in [3.63, 3.8) is 0 Å². The van der Waals surface area contributed by atoms with Gasteiger partial charge in [0.25, 0.3) is 5.56 Å². The summed E-state index contributed by atoms with van der Waals surface area (Å²) >= 11 is 1.50. The number of fused-ring (bicyclic) bond motifs is 1. The quantitative estimate of drug-likeness (QED) is 0.609. The number of hydrogen-bond donors (Lipinski definition) is 0. The second-order valence-electron chi connectivity index (χ2n) is 6.62. The molecule has 0 spiro atoms. The van der Waals surface area contributed by atoms with E-state index in [0.717, 1.165) is 21.6 Å². The average molecular weight is 382 g/mol. The summed E-state index contributed by atoms with van der Waals surface area (Å²) in [6, 6.07) is 9.83. The third-order valence-corrected chi connectivity index (χ3v) is 5.43. The molecule has 0 N–H and O–H groups in total. The molecule has 6 heteroatoms. The number of hydrogen-bond acceptors (Lipinski definition) is 4. The van der Waals surface area contributed by atoms with Crippen molar-refractivity contribution in [3.05, 3.63) is 64.0 Å². The summed E-state index contributed by atoms with van der Waals surface area (Å²) in [6.45, 7) is 10.7. The fourth-order valence-electron chi connectivity index (χ4n) is 3.15. The van der Waals surface area contributed by atoms with Crippen LogP contribution in [0.3, 0.4) is 0 Å². The third kappa shape index (κ3) is 3.85. The van der Waals surface area contributed by atoms with Gasteiger partial charge in [-0.3, -0.25) is 14.2 Å². The van der Waals surface area contributed by atoms with Crippen LogP contribution >= 0.6 is 11.3 Å². The summed E-state index contributed by atoms with van der Waals surface area (Å²) in [7, 11) is 0. The normalized spacial score (nSPS) is 10.9. The fraction of sp³-hybridized carbons (Fsp3) is 0.286. The maximum Gasteiger partial charge on any atom is 0.263 e.